The van der Waals surface area contributed by atoms with E-state index in [4.69, 9.17) is 26.2 Å². The number of hydrogen-bond donors (Lipinski definition) is 1. The number of nitrogens with zero attached hydrogens (tertiary/aromatic N) is 2. The molecule has 2 rings (SSSR count). The summed E-state index contributed by atoms with van der Waals surface area (Å²) in [6.45, 7) is 1.38. The molecule has 0 aliphatic heterocycles. The van der Waals surface area contributed by atoms with Gasteiger partial charge in [0.2, 0.25) is 0 Å². The molecule has 0 aliphatic rings. The van der Waals surface area contributed by atoms with E-state index < -0.39 is 46.7 Å². The zero-order valence-corrected chi connectivity index (χ0v) is 16.9. The van der Waals surface area contributed by atoms with E-state index in [-0.39, 0.29) is 31.7 Å². The molecule has 1 aromatic carbocycles. The Morgan fingerprint density at radius 2 is 1.87 bits per heavy atom. The van der Waals surface area contributed by atoms with E-state index in [0.717, 1.165) is 13.1 Å². The number of halogens is 5. The molecule has 1 aromatic heterocycles. The SMILES string of the molecule is CO/C(=C\C(=O)O)C(C)Oc1cc(-n2c(=O)cc(C(F)(F)F)n(C)c2=O)c(F)cc1Cl. The molecule has 1 N–H and O–H groups in total. The minimum Gasteiger partial charge on any atom is -0.497 e. The van der Waals surface area contributed by atoms with Crippen LogP contribution in [0.1, 0.15) is 12.6 Å². The fraction of sp³-hybridized carbons (Fsp3) is 0.278. The van der Waals surface area contributed by atoms with Crippen LogP contribution in [0.5, 0.6) is 5.75 Å². The van der Waals surface area contributed by atoms with Gasteiger partial charge in [-0.15, -0.1) is 0 Å². The van der Waals surface area contributed by atoms with Crippen molar-refractivity contribution in [1.29, 1.82) is 0 Å². The van der Waals surface area contributed by atoms with Crippen molar-refractivity contribution in [1.82, 2.24) is 9.13 Å². The van der Waals surface area contributed by atoms with Crippen LogP contribution in [0.4, 0.5) is 17.6 Å². The second-order valence-electron chi connectivity index (χ2n) is 6.13. The summed E-state index contributed by atoms with van der Waals surface area (Å²) in [6.07, 6.45) is -5.33. The molecule has 0 radical (unpaired) electrons. The summed E-state index contributed by atoms with van der Waals surface area (Å²) >= 11 is 5.92. The highest BCUT2D eigenvalue weighted by molar-refractivity contribution is 6.32. The average Bonchev–Trinajstić information content (AvgIpc) is 2.64. The average molecular weight is 467 g/mol. The highest BCUT2D eigenvalue weighted by atomic mass is 35.5. The molecule has 0 fully saturated rings. The minimum atomic E-state index is -4.98. The molecule has 168 valence electrons. The minimum absolute atomic E-state index is 0.142. The van der Waals surface area contributed by atoms with Crippen LogP contribution in [0.3, 0.4) is 0 Å². The molecule has 1 heterocycles. The van der Waals surface area contributed by atoms with Crippen molar-refractivity contribution in [2.24, 2.45) is 7.05 Å². The first-order valence-electron chi connectivity index (χ1n) is 8.32. The lowest BCUT2D eigenvalue weighted by atomic mass is 10.2. The molecule has 8 nitrogen and oxygen atoms in total. The molecule has 0 saturated heterocycles. The number of aromatic nitrogens is 2. The third kappa shape index (κ3) is 5.08. The van der Waals surface area contributed by atoms with Gasteiger partial charge in [-0.3, -0.25) is 9.36 Å². The Labute approximate surface area is 176 Å². The maximum absolute atomic E-state index is 14.5. The second-order valence-corrected chi connectivity index (χ2v) is 6.53. The normalized spacial score (nSPS) is 13.1. The van der Waals surface area contributed by atoms with Crippen LogP contribution in [0.2, 0.25) is 5.02 Å². The summed E-state index contributed by atoms with van der Waals surface area (Å²) in [4.78, 5) is 35.5. The first-order valence-corrected chi connectivity index (χ1v) is 8.70. The smallest absolute Gasteiger partial charge is 0.431 e. The summed E-state index contributed by atoms with van der Waals surface area (Å²) in [6, 6.07) is 1.67. The molecule has 2 aromatic rings. The molecule has 0 amide bonds. The first-order chi connectivity index (χ1) is 14.3. The quantitative estimate of drug-likeness (QED) is 0.399. The van der Waals surface area contributed by atoms with E-state index in [0.29, 0.717) is 12.1 Å². The lowest BCUT2D eigenvalue weighted by molar-refractivity contribution is -0.144. The lowest BCUT2D eigenvalue weighted by Gasteiger charge is -2.19. The van der Waals surface area contributed by atoms with Gasteiger partial charge in [0.1, 0.15) is 23.0 Å². The third-order valence-electron chi connectivity index (χ3n) is 4.06. The number of benzene rings is 1. The highest BCUT2D eigenvalue weighted by Gasteiger charge is 2.35. The van der Waals surface area contributed by atoms with Gasteiger partial charge < -0.3 is 14.6 Å². The summed E-state index contributed by atoms with van der Waals surface area (Å²) in [5.74, 6) is -2.94. The van der Waals surface area contributed by atoms with Crippen LogP contribution in [-0.2, 0) is 22.8 Å². The van der Waals surface area contributed by atoms with Crippen LogP contribution in [0.15, 0.2) is 39.6 Å². The Morgan fingerprint density at radius 3 is 2.39 bits per heavy atom. The summed E-state index contributed by atoms with van der Waals surface area (Å²) < 4.78 is 64.2. The number of rotatable bonds is 6. The van der Waals surface area contributed by atoms with E-state index in [1.165, 1.54) is 14.0 Å². The van der Waals surface area contributed by atoms with E-state index in [1.807, 2.05) is 0 Å². The van der Waals surface area contributed by atoms with Crippen molar-refractivity contribution in [2.75, 3.05) is 7.11 Å². The van der Waals surface area contributed by atoms with Gasteiger partial charge in [0, 0.05) is 19.2 Å². The molecular formula is C18H15ClF4N2O6. The van der Waals surface area contributed by atoms with Gasteiger partial charge in [0.15, 0.2) is 6.10 Å². The van der Waals surface area contributed by atoms with E-state index in [1.54, 1.807) is 0 Å². The number of alkyl halides is 3. The maximum atomic E-state index is 14.5. The fourth-order valence-electron chi connectivity index (χ4n) is 2.61. The predicted molar refractivity (Wildman–Crippen MR) is 100 cm³/mol. The van der Waals surface area contributed by atoms with Crippen molar-refractivity contribution in [3.05, 3.63) is 67.4 Å². The van der Waals surface area contributed by atoms with E-state index >= 15 is 0 Å². The standard InChI is InChI=1S/C18H15ClF4N2O6/c1-8(12(30-3)6-16(27)28)31-13-5-11(10(20)4-9(13)19)25-15(26)7-14(18(21,22)23)24(2)17(25)29/h4-8H,1-3H3,(H,27,28)/b12-6-. The van der Waals surface area contributed by atoms with Gasteiger partial charge in [-0.05, 0) is 13.0 Å². The summed E-state index contributed by atoms with van der Waals surface area (Å²) in [5, 5.41) is 8.53. The van der Waals surface area contributed by atoms with Crippen molar-refractivity contribution in [2.45, 2.75) is 19.2 Å². The van der Waals surface area contributed by atoms with Crippen LogP contribution in [-0.4, -0.2) is 33.4 Å². The Balaban J connectivity index is 2.64. The first kappa shape index (κ1) is 24.0. The topological polar surface area (TPSA) is 99.8 Å². The van der Waals surface area contributed by atoms with Gasteiger partial charge in [0.25, 0.3) is 5.56 Å². The van der Waals surface area contributed by atoms with Crippen LogP contribution in [0.25, 0.3) is 5.69 Å². The molecule has 31 heavy (non-hydrogen) atoms. The number of carboxylic acid groups (broad SMARTS) is 1. The number of aliphatic carboxylic acids is 1. The van der Waals surface area contributed by atoms with Crippen LogP contribution in [0, 0.1) is 5.82 Å². The number of carboxylic acids is 1. The van der Waals surface area contributed by atoms with E-state index in [9.17, 15) is 31.9 Å². The maximum Gasteiger partial charge on any atom is 0.431 e. The molecule has 13 heteroatoms. The van der Waals surface area contributed by atoms with Gasteiger partial charge in [-0.25, -0.2) is 18.5 Å². The predicted octanol–water partition coefficient (Wildman–Crippen LogP) is 2.73. The lowest BCUT2D eigenvalue weighted by Crippen LogP contribution is -2.41. The van der Waals surface area contributed by atoms with Gasteiger partial charge in [-0.1, -0.05) is 11.6 Å². The largest absolute Gasteiger partial charge is 0.497 e. The third-order valence-corrected chi connectivity index (χ3v) is 4.35. The summed E-state index contributed by atoms with van der Waals surface area (Å²) in [7, 11) is 1.95. The molecule has 1 unspecified atom stereocenters. The number of carbonyl (C=O) groups is 1. The van der Waals surface area contributed by atoms with Crippen LogP contribution >= 0.6 is 11.6 Å². The van der Waals surface area contributed by atoms with Gasteiger partial charge in [0.05, 0.1) is 23.9 Å². The molecule has 0 aliphatic carbocycles. The summed E-state index contributed by atoms with van der Waals surface area (Å²) in [5.41, 5.74) is -5.11. The van der Waals surface area contributed by atoms with Crippen molar-refractivity contribution in [3.8, 4) is 11.4 Å². The molecule has 0 bridgehead atoms. The van der Waals surface area contributed by atoms with Gasteiger partial charge in [-0.2, -0.15) is 13.2 Å². The monoisotopic (exact) mass is 466 g/mol. The zero-order valence-electron chi connectivity index (χ0n) is 16.2. The Bertz CT molecular complexity index is 1170. The zero-order chi connectivity index (χ0) is 23.7. The van der Waals surface area contributed by atoms with Crippen molar-refractivity contribution >= 4 is 17.6 Å². The van der Waals surface area contributed by atoms with Crippen molar-refractivity contribution in [3.63, 3.8) is 0 Å². The van der Waals surface area contributed by atoms with Crippen molar-refractivity contribution < 1.29 is 36.9 Å². The Morgan fingerprint density at radius 1 is 1.26 bits per heavy atom. The molecule has 0 spiro atoms. The van der Waals surface area contributed by atoms with Gasteiger partial charge >= 0.3 is 17.8 Å². The molecular weight excluding hydrogens is 452 g/mol. The highest BCUT2D eigenvalue weighted by Crippen LogP contribution is 2.31. The number of methoxy groups -OCH3 is 1. The molecule has 0 saturated carbocycles. The number of ether oxygens (including phenoxy) is 2. The van der Waals surface area contributed by atoms with Crippen LogP contribution < -0.4 is 16.0 Å². The Kier molecular flexibility index (Phi) is 6.84. The second kappa shape index (κ2) is 8.84. The number of hydrogen-bond acceptors (Lipinski definition) is 5. The fourth-order valence-corrected chi connectivity index (χ4v) is 2.81. The molecule has 1 atom stereocenters. The van der Waals surface area contributed by atoms with E-state index in [2.05, 4.69) is 0 Å². The Hall–Kier alpha value is -3.28.